The van der Waals surface area contributed by atoms with Crippen LogP contribution in [0.5, 0.6) is 5.75 Å². The predicted octanol–water partition coefficient (Wildman–Crippen LogP) is 4.11. The summed E-state index contributed by atoms with van der Waals surface area (Å²) in [5, 5.41) is 11.1. The van der Waals surface area contributed by atoms with Gasteiger partial charge in [0.05, 0.1) is 17.0 Å². The molecule has 1 aliphatic heterocycles. The zero-order chi connectivity index (χ0) is 23.9. The molecule has 0 bridgehead atoms. The fraction of sp³-hybridized carbons (Fsp3) is 0.400. The van der Waals surface area contributed by atoms with E-state index in [1.165, 1.54) is 0 Å². The number of aryl methyl sites for hydroxylation is 1. The van der Waals surface area contributed by atoms with E-state index in [1.54, 1.807) is 48.2 Å². The fourth-order valence-corrected chi connectivity index (χ4v) is 4.76. The molecule has 2 N–H and O–H groups in total. The van der Waals surface area contributed by atoms with Crippen molar-refractivity contribution in [3.05, 3.63) is 68.7 Å². The SMILES string of the molecule is Cc1nc2cc(Cl)c(C(C)Oc3ccc(C(=O)N4CC(C)C(O)C(C)C4)cc3)cc2c(=O)[nH]1. The quantitative estimate of drug-likeness (QED) is 0.599. The first-order valence-electron chi connectivity index (χ1n) is 11.1. The number of benzene rings is 2. The van der Waals surface area contributed by atoms with Gasteiger partial charge >= 0.3 is 0 Å². The molecule has 1 aromatic heterocycles. The molecule has 33 heavy (non-hydrogen) atoms. The Morgan fingerprint density at radius 1 is 1.21 bits per heavy atom. The van der Waals surface area contributed by atoms with Crippen molar-refractivity contribution >= 4 is 28.4 Å². The summed E-state index contributed by atoms with van der Waals surface area (Å²) in [4.78, 5) is 34.1. The molecule has 8 heteroatoms. The molecule has 2 aromatic carbocycles. The van der Waals surface area contributed by atoms with Crippen LogP contribution < -0.4 is 10.3 Å². The molecule has 3 atom stereocenters. The topological polar surface area (TPSA) is 95.5 Å². The molecule has 0 spiro atoms. The van der Waals surface area contributed by atoms with Crippen molar-refractivity contribution < 1.29 is 14.6 Å². The number of aliphatic hydroxyl groups excluding tert-OH is 1. The number of hydrogen-bond acceptors (Lipinski definition) is 5. The molecule has 1 amide bonds. The summed E-state index contributed by atoms with van der Waals surface area (Å²) in [6.45, 7) is 8.56. The molecule has 4 rings (SSSR count). The highest BCUT2D eigenvalue weighted by Gasteiger charge is 2.32. The Hall–Kier alpha value is -2.90. The molecular formula is C25H28ClN3O4. The Labute approximate surface area is 197 Å². The van der Waals surface area contributed by atoms with E-state index >= 15 is 0 Å². The third-order valence-electron chi connectivity index (χ3n) is 6.26. The monoisotopic (exact) mass is 469 g/mol. The number of amides is 1. The van der Waals surface area contributed by atoms with Gasteiger partial charge in [-0.05, 0) is 62.1 Å². The van der Waals surface area contributed by atoms with Gasteiger partial charge in [-0.1, -0.05) is 25.4 Å². The molecule has 2 heterocycles. The van der Waals surface area contributed by atoms with Crippen LogP contribution in [0.3, 0.4) is 0 Å². The number of nitrogens with zero attached hydrogens (tertiary/aromatic N) is 2. The number of carbonyl (C=O) groups is 1. The Bertz CT molecular complexity index is 1230. The number of aliphatic hydroxyl groups is 1. The minimum atomic E-state index is -0.422. The Morgan fingerprint density at radius 2 is 1.85 bits per heavy atom. The Kier molecular flexibility index (Phi) is 6.45. The van der Waals surface area contributed by atoms with E-state index in [1.807, 2.05) is 20.8 Å². The average molecular weight is 470 g/mol. The van der Waals surface area contributed by atoms with E-state index < -0.39 is 6.10 Å². The van der Waals surface area contributed by atoms with E-state index in [9.17, 15) is 14.7 Å². The second-order valence-corrected chi connectivity index (χ2v) is 9.39. The summed E-state index contributed by atoms with van der Waals surface area (Å²) in [7, 11) is 0. The second-order valence-electron chi connectivity index (χ2n) is 8.98. The molecule has 1 fully saturated rings. The first-order chi connectivity index (χ1) is 15.6. The van der Waals surface area contributed by atoms with E-state index in [2.05, 4.69) is 9.97 Å². The molecule has 0 aliphatic carbocycles. The average Bonchev–Trinajstić information content (AvgIpc) is 2.76. The standard InChI is InChI=1S/C25H28ClN3O4/c1-13-11-29(12-14(2)23(13)30)25(32)17-5-7-18(8-6-17)33-15(3)19-9-20-22(10-21(19)26)27-16(4)28-24(20)31/h5-10,13-15,23,30H,11-12H2,1-4H3,(H,27,28,31). The highest BCUT2D eigenvalue weighted by molar-refractivity contribution is 6.32. The lowest BCUT2D eigenvalue weighted by Gasteiger charge is -2.38. The van der Waals surface area contributed by atoms with Gasteiger partial charge in [-0.3, -0.25) is 9.59 Å². The molecule has 3 aromatic rings. The van der Waals surface area contributed by atoms with Crippen LogP contribution in [0.2, 0.25) is 5.02 Å². The number of H-pyrrole nitrogens is 1. The lowest BCUT2D eigenvalue weighted by Crippen LogP contribution is -2.49. The number of aromatic nitrogens is 2. The summed E-state index contributed by atoms with van der Waals surface area (Å²) < 4.78 is 6.05. The molecular weight excluding hydrogens is 442 g/mol. The maximum Gasteiger partial charge on any atom is 0.258 e. The molecule has 1 saturated heterocycles. The summed E-state index contributed by atoms with van der Waals surface area (Å²) >= 11 is 6.46. The minimum absolute atomic E-state index is 0.0409. The first-order valence-corrected chi connectivity index (χ1v) is 11.5. The number of ether oxygens (including phenoxy) is 1. The van der Waals surface area contributed by atoms with Crippen molar-refractivity contribution in [2.45, 2.75) is 39.9 Å². The fourth-order valence-electron chi connectivity index (χ4n) is 4.44. The maximum atomic E-state index is 12.9. The predicted molar refractivity (Wildman–Crippen MR) is 128 cm³/mol. The molecule has 7 nitrogen and oxygen atoms in total. The van der Waals surface area contributed by atoms with Crippen molar-refractivity contribution in [3.63, 3.8) is 0 Å². The highest BCUT2D eigenvalue weighted by atomic mass is 35.5. The van der Waals surface area contributed by atoms with Crippen LogP contribution in [0.25, 0.3) is 10.9 Å². The van der Waals surface area contributed by atoms with Gasteiger partial charge in [-0.2, -0.15) is 0 Å². The van der Waals surface area contributed by atoms with Gasteiger partial charge in [-0.15, -0.1) is 0 Å². The van der Waals surface area contributed by atoms with Crippen molar-refractivity contribution in [1.82, 2.24) is 14.9 Å². The van der Waals surface area contributed by atoms with Crippen LogP contribution in [0, 0.1) is 18.8 Å². The number of fused-ring (bicyclic) bond motifs is 1. The summed E-state index contributed by atoms with van der Waals surface area (Å²) in [5.74, 6) is 1.14. The van der Waals surface area contributed by atoms with Gasteiger partial charge in [0, 0.05) is 29.2 Å². The lowest BCUT2D eigenvalue weighted by molar-refractivity contribution is -0.00351. The number of nitrogens with one attached hydrogen (secondary N) is 1. The first kappa shape index (κ1) is 23.3. The van der Waals surface area contributed by atoms with Crippen molar-refractivity contribution in [1.29, 1.82) is 0 Å². The van der Waals surface area contributed by atoms with Crippen molar-refractivity contribution in [3.8, 4) is 5.75 Å². The normalized spacial score (nSPS) is 21.8. The van der Waals surface area contributed by atoms with E-state index in [-0.39, 0.29) is 29.4 Å². The molecule has 3 unspecified atom stereocenters. The number of halogens is 1. The number of aromatic amines is 1. The smallest absolute Gasteiger partial charge is 0.258 e. The summed E-state index contributed by atoms with van der Waals surface area (Å²) in [6.07, 6.45) is -0.807. The largest absolute Gasteiger partial charge is 0.486 e. The number of carbonyl (C=O) groups excluding carboxylic acids is 1. The lowest BCUT2D eigenvalue weighted by atomic mass is 9.88. The Morgan fingerprint density at radius 3 is 2.48 bits per heavy atom. The zero-order valence-electron chi connectivity index (χ0n) is 19.1. The van der Waals surface area contributed by atoms with Gasteiger partial charge < -0.3 is 19.7 Å². The van der Waals surface area contributed by atoms with Crippen LogP contribution in [-0.4, -0.2) is 45.1 Å². The van der Waals surface area contributed by atoms with E-state index in [0.29, 0.717) is 51.7 Å². The zero-order valence-corrected chi connectivity index (χ0v) is 19.9. The van der Waals surface area contributed by atoms with Crippen molar-refractivity contribution in [2.24, 2.45) is 11.8 Å². The Balaban J connectivity index is 1.50. The maximum absolute atomic E-state index is 12.9. The molecule has 1 aliphatic rings. The number of likely N-dealkylation sites (tertiary alicyclic amines) is 1. The highest BCUT2D eigenvalue weighted by Crippen LogP contribution is 2.30. The van der Waals surface area contributed by atoms with Gasteiger partial charge in [0.1, 0.15) is 17.7 Å². The summed E-state index contributed by atoms with van der Waals surface area (Å²) in [6, 6.07) is 10.4. The number of hydrogen-bond donors (Lipinski definition) is 2. The van der Waals surface area contributed by atoms with Crippen LogP contribution in [-0.2, 0) is 0 Å². The number of piperidine rings is 1. The van der Waals surface area contributed by atoms with Gasteiger partial charge in [0.25, 0.3) is 11.5 Å². The van der Waals surface area contributed by atoms with Crippen LogP contribution in [0.1, 0.15) is 48.6 Å². The van der Waals surface area contributed by atoms with E-state index in [4.69, 9.17) is 16.3 Å². The van der Waals surface area contributed by atoms with Crippen LogP contribution >= 0.6 is 11.6 Å². The van der Waals surface area contributed by atoms with Gasteiger partial charge in [-0.25, -0.2) is 4.98 Å². The van der Waals surface area contributed by atoms with E-state index in [0.717, 1.165) is 0 Å². The van der Waals surface area contributed by atoms with Crippen molar-refractivity contribution in [2.75, 3.05) is 13.1 Å². The minimum Gasteiger partial charge on any atom is -0.486 e. The molecule has 0 radical (unpaired) electrons. The molecule has 0 saturated carbocycles. The van der Waals surface area contributed by atoms with Gasteiger partial charge in [0.15, 0.2) is 0 Å². The summed E-state index contributed by atoms with van der Waals surface area (Å²) in [5.41, 5.74) is 1.56. The third-order valence-corrected chi connectivity index (χ3v) is 6.59. The molecule has 174 valence electrons. The van der Waals surface area contributed by atoms with Gasteiger partial charge in [0.2, 0.25) is 0 Å². The third kappa shape index (κ3) is 4.75. The van der Waals surface area contributed by atoms with Crippen LogP contribution in [0.15, 0.2) is 41.2 Å². The second kappa shape index (κ2) is 9.15. The van der Waals surface area contributed by atoms with Crippen LogP contribution in [0.4, 0.5) is 0 Å². The number of rotatable bonds is 4.